The smallest absolute Gasteiger partial charge is 0.489 e. The summed E-state index contributed by atoms with van der Waals surface area (Å²) in [7, 11) is 0. The van der Waals surface area contributed by atoms with Crippen molar-refractivity contribution in [3.63, 3.8) is 0 Å². The maximum absolute atomic E-state index is 13.7. The van der Waals surface area contributed by atoms with Crippen LogP contribution in [0.25, 0.3) is 22.2 Å². The Labute approximate surface area is 239 Å². The summed E-state index contributed by atoms with van der Waals surface area (Å²) in [6.07, 6.45) is 0.0754. The van der Waals surface area contributed by atoms with Gasteiger partial charge in [-0.2, -0.15) is 0 Å². The maximum atomic E-state index is 13.7. The van der Waals surface area contributed by atoms with Crippen LogP contribution in [0, 0.1) is 5.82 Å². The molecule has 42 heavy (non-hydrogen) atoms. The number of halogens is 1. The zero-order valence-electron chi connectivity index (χ0n) is 22.7. The van der Waals surface area contributed by atoms with E-state index in [4.69, 9.17) is 20.3 Å². The molecule has 0 saturated heterocycles. The molecule has 2 aromatic carbocycles. The first-order valence-corrected chi connectivity index (χ1v) is 12.9. The number of aliphatic hydroxyl groups is 1. The van der Waals surface area contributed by atoms with Gasteiger partial charge in [-0.3, -0.25) is 14.6 Å². The molecule has 0 bridgehead atoms. The summed E-state index contributed by atoms with van der Waals surface area (Å²) in [4.78, 5) is 45.5. The second kappa shape index (κ2) is 10.7. The minimum Gasteiger partial charge on any atom is -0.489 e. The molecule has 1 unspecified atom stereocenters. The molecule has 1 aliphatic rings. The predicted octanol–water partition coefficient (Wildman–Crippen LogP) is 3.40. The minimum atomic E-state index is -1.74. The first kappa shape index (κ1) is 28.4. The van der Waals surface area contributed by atoms with E-state index >= 15 is 0 Å². The van der Waals surface area contributed by atoms with Crippen molar-refractivity contribution in [2.45, 2.75) is 31.5 Å². The molecule has 216 valence electrons. The summed E-state index contributed by atoms with van der Waals surface area (Å²) < 4.78 is 24.2. The lowest BCUT2D eigenvalue weighted by Gasteiger charge is -2.26. The molecule has 2 amide bonds. The van der Waals surface area contributed by atoms with Gasteiger partial charge in [0.2, 0.25) is 5.91 Å². The molecule has 2 aromatic heterocycles. The molecule has 4 aromatic rings. The van der Waals surface area contributed by atoms with E-state index in [-0.39, 0.29) is 36.7 Å². The normalized spacial score (nSPS) is 17.1. The first-order valence-electron chi connectivity index (χ1n) is 12.9. The molecule has 0 spiro atoms. The zero-order chi connectivity index (χ0) is 30.2. The lowest BCUT2D eigenvalue weighted by Crippen LogP contribution is -2.41. The molecular formula is C30H27FN4O7. The number of nitrogens with two attached hydrogens (primary N) is 1. The van der Waals surface area contributed by atoms with E-state index in [1.807, 2.05) is 0 Å². The van der Waals surface area contributed by atoms with Gasteiger partial charge in [0, 0.05) is 33.8 Å². The van der Waals surface area contributed by atoms with Crippen molar-refractivity contribution in [1.82, 2.24) is 15.3 Å². The van der Waals surface area contributed by atoms with Gasteiger partial charge in [-0.15, -0.1) is 0 Å². The number of carbonyl (C=O) groups is 3. The van der Waals surface area contributed by atoms with Gasteiger partial charge in [-0.05, 0) is 62.4 Å². The highest BCUT2D eigenvalue weighted by Crippen LogP contribution is 2.45. The van der Waals surface area contributed by atoms with Crippen LogP contribution in [-0.4, -0.2) is 51.3 Å². The molecule has 0 saturated carbocycles. The Bertz CT molecular complexity index is 1730. The summed E-state index contributed by atoms with van der Waals surface area (Å²) in [5.74, 6) is -1.34. The lowest BCUT2D eigenvalue weighted by atomic mass is 9.82. The van der Waals surface area contributed by atoms with Gasteiger partial charge in [-0.25, -0.2) is 14.2 Å². The van der Waals surface area contributed by atoms with Crippen molar-refractivity contribution in [2.75, 3.05) is 13.2 Å². The van der Waals surface area contributed by atoms with E-state index < -0.39 is 34.8 Å². The first-order chi connectivity index (χ1) is 19.9. The largest absolute Gasteiger partial charge is 0.506 e. The van der Waals surface area contributed by atoms with Crippen molar-refractivity contribution in [1.29, 1.82) is 0 Å². The molecule has 3 heterocycles. The standard InChI is InChI=1S/C30H27FN4O7/c1-29(27(32)37)15-42-25-21(29)12-22(35-24(25)16-5-7-20(31)8-6-16)30(2,40)14-34-26(36)18-10-17-4-3-9-33-23(17)19(11-18)13-41-28(38)39/h3-12,40H,13-15H2,1-2H3,(H2,32,37)(H,34,36)(H,38,39)/t29-,30?/m0/s1. The molecule has 11 nitrogen and oxygen atoms in total. The van der Waals surface area contributed by atoms with Crippen LogP contribution < -0.4 is 15.8 Å². The summed E-state index contributed by atoms with van der Waals surface area (Å²) in [5, 5.41) is 23.7. The van der Waals surface area contributed by atoms with Crippen LogP contribution in [0.4, 0.5) is 9.18 Å². The molecule has 0 aliphatic carbocycles. The Hall–Kier alpha value is -5.10. The molecular weight excluding hydrogens is 547 g/mol. The maximum Gasteiger partial charge on any atom is 0.506 e. The number of nitrogens with one attached hydrogen (secondary N) is 1. The van der Waals surface area contributed by atoms with Crippen molar-refractivity contribution in [3.05, 3.63) is 89.0 Å². The van der Waals surface area contributed by atoms with Crippen LogP contribution in [0.2, 0.25) is 0 Å². The molecule has 2 atom stereocenters. The molecule has 5 N–H and O–H groups in total. The zero-order valence-corrected chi connectivity index (χ0v) is 22.7. The summed E-state index contributed by atoms with van der Waals surface area (Å²) in [5.41, 5.74) is 5.13. The van der Waals surface area contributed by atoms with Gasteiger partial charge in [-0.1, -0.05) is 6.07 Å². The highest BCUT2D eigenvalue weighted by atomic mass is 19.1. The van der Waals surface area contributed by atoms with E-state index in [9.17, 15) is 23.9 Å². The molecule has 1 aliphatic heterocycles. The number of rotatable bonds is 8. The number of benzene rings is 2. The Morgan fingerprint density at radius 3 is 2.62 bits per heavy atom. The van der Waals surface area contributed by atoms with E-state index in [1.165, 1.54) is 43.3 Å². The molecule has 5 rings (SSSR count). The van der Waals surface area contributed by atoms with E-state index in [2.05, 4.69) is 15.3 Å². The average Bonchev–Trinajstić information content (AvgIpc) is 3.32. The van der Waals surface area contributed by atoms with E-state index in [0.717, 1.165) is 0 Å². The quantitative estimate of drug-likeness (QED) is 0.230. The summed E-state index contributed by atoms with van der Waals surface area (Å²) in [6.45, 7) is 2.43. The number of aromatic nitrogens is 2. The number of hydrogen-bond donors (Lipinski definition) is 4. The molecule has 0 fully saturated rings. The van der Waals surface area contributed by atoms with Gasteiger partial charge >= 0.3 is 6.16 Å². The highest BCUT2D eigenvalue weighted by molar-refractivity contribution is 5.99. The molecule has 0 radical (unpaired) electrons. The lowest BCUT2D eigenvalue weighted by molar-refractivity contribution is -0.123. The minimum absolute atomic E-state index is 0.0411. The van der Waals surface area contributed by atoms with Crippen molar-refractivity contribution < 1.29 is 38.5 Å². The van der Waals surface area contributed by atoms with Crippen LogP contribution in [0.1, 0.15) is 41.0 Å². The number of carbonyl (C=O) groups excluding carboxylic acids is 2. The summed E-state index contributed by atoms with van der Waals surface area (Å²) in [6, 6.07) is 13.5. The average molecular weight is 575 g/mol. The van der Waals surface area contributed by atoms with Crippen LogP contribution in [0.15, 0.2) is 60.8 Å². The number of amides is 2. The van der Waals surface area contributed by atoms with Gasteiger partial charge in [0.1, 0.15) is 41.5 Å². The van der Waals surface area contributed by atoms with E-state index in [1.54, 1.807) is 31.3 Å². The van der Waals surface area contributed by atoms with Gasteiger partial charge in [0.05, 0.1) is 17.8 Å². The second-order valence-electron chi connectivity index (χ2n) is 10.4. The van der Waals surface area contributed by atoms with Gasteiger partial charge in [0.25, 0.3) is 5.91 Å². The molecule has 12 heteroatoms. The fraction of sp³-hybridized carbons (Fsp3) is 0.233. The fourth-order valence-corrected chi connectivity index (χ4v) is 4.76. The Morgan fingerprint density at radius 1 is 1.19 bits per heavy atom. The van der Waals surface area contributed by atoms with Gasteiger partial charge in [0.15, 0.2) is 0 Å². The number of pyridine rings is 2. The van der Waals surface area contributed by atoms with Crippen LogP contribution >= 0.6 is 0 Å². The number of fused-ring (bicyclic) bond motifs is 2. The Balaban J connectivity index is 1.47. The number of carboxylic acid groups (broad SMARTS) is 1. The number of nitrogens with zero attached hydrogens (tertiary/aromatic N) is 2. The van der Waals surface area contributed by atoms with Crippen LogP contribution in [-0.2, 0) is 27.2 Å². The topological polar surface area (TPSA) is 174 Å². The van der Waals surface area contributed by atoms with Crippen LogP contribution in [0.3, 0.4) is 0 Å². The third kappa shape index (κ3) is 5.31. The monoisotopic (exact) mass is 574 g/mol. The SMILES string of the molecule is CC(O)(CNC(=O)c1cc(COC(=O)O)c2ncccc2c1)c1cc2c(c(-c3ccc(F)cc3)n1)OC[C@]2(C)C(N)=O. The number of primary amides is 1. The highest BCUT2D eigenvalue weighted by Gasteiger charge is 2.45. The number of hydrogen-bond acceptors (Lipinski definition) is 8. The van der Waals surface area contributed by atoms with Crippen molar-refractivity contribution in [2.24, 2.45) is 5.73 Å². The third-order valence-corrected chi connectivity index (χ3v) is 7.28. The summed E-state index contributed by atoms with van der Waals surface area (Å²) >= 11 is 0. The third-order valence-electron chi connectivity index (χ3n) is 7.28. The Morgan fingerprint density at radius 2 is 1.93 bits per heavy atom. The van der Waals surface area contributed by atoms with Crippen molar-refractivity contribution in [3.8, 4) is 17.0 Å². The van der Waals surface area contributed by atoms with Crippen LogP contribution in [0.5, 0.6) is 5.75 Å². The van der Waals surface area contributed by atoms with Gasteiger partial charge < -0.3 is 30.7 Å². The fourth-order valence-electron chi connectivity index (χ4n) is 4.76. The second-order valence-corrected chi connectivity index (χ2v) is 10.4. The van der Waals surface area contributed by atoms with Crippen molar-refractivity contribution >= 4 is 28.9 Å². The van der Waals surface area contributed by atoms with E-state index in [0.29, 0.717) is 33.3 Å². The Kier molecular flexibility index (Phi) is 7.25. The predicted molar refractivity (Wildman–Crippen MR) is 148 cm³/mol. The number of ether oxygens (including phenoxy) is 2.